The fourth-order valence-corrected chi connectivity index (χ4v) is 1.87. The van der Waals surface area contributed by atoms with Crippen LogP contribution in [0.15, 0.2) is 42.5 Å². The van der Waals surface area contributed by atoms with Gasteiger partial charge in [-0.2, -0.15) is 0 Å². The smallest absolute Gasteiger partial charge is 0.196 e. The van der Waals surface area contributed by atoms with Crippen LogP contribution in [0.2, 0.25) is 0 Å². The molecule has 0 aliphatic heterocycles. The lowest BCUT2D eigenvalue weighted by atomic mass is 9.97. The van der Waals surface area contributed by atoms with Crippen molar-refractivity contribution in [2.75, 3.05) is 0 Å². The molecule has 0 spiro atoms. The number of carbonyl (C=O) groups excluding carboxylic acids is 1. The van der Waals surface area contributed by atoms with Crippen molar-refractivity contribution in [1.29, 1.82) is 0 Å². The summed E-state index contributed by atoms with van der Waals surface area (Å²) < 4.78 is 26.4. The van der Waals surface area contributed by atoms with Crippen LogP contribution in [0.4, 0.5) is 8.78 Å². The van der Waals surface area contributed by atoms with E-state index in [2.05, 4.69) is 0 Å². The van der Waals surface area contributed by atoms with Gasteiger partial charge in [0.15, 0.2) is 5.78 Å². The van der Waals surface area contributed by atoms with E-state index < -0.39 is 17.4 Å². The van der Waals surface area contributed by atoms with Crippen molar-refractivity contribution >= 4 is 5.78 Å². The van der Waals surface area contributed by atoms with Crippen molar-refractivity contribution in [3.63, 3.8) is 0 Å². The molecule has 0 aromatic heterocycles. The zero-order valence-electron chi connectivity index (χ0n) is 9.91. The molecule has 0 fully saturated rings. The molecule has 0 aliphatic rings. The summed E-state index contributed by atoms with van der Waals surface area (Å²) in [4.78, 5) is 12.2. The first-order valence-electron chi connectivity index (χ1n) is 5.71. The summed E-state index contributed by atoms with van der Waals surface area (Å²) in [6.07, 6.45) is 0.685. The second kappa shape index (κ2) is 5.08. The summed E-state index contributed by atoms with van der Waals surface area (Å²) in [7, 11) is 0. The van der Waals surface area contributed by atoms with E-state index in [1.165, 1.54) is 6.07 Å². The minimum atomic E-state index is -0.828. The highest BCUT2D eigenvalue weighted by molar-refractivity contribution is 6.10. The Bertz CT molecular complexity index is 591. The van der Waals surface area contributed by atoms with Gasteiger partial charge in [0.1, 0.15) is 11.6 Å². The van der Waals surface area contributed by atoms with Gasteiger partial charge in [-0.15, -0.1) is 0 Å². The highest BCUT2D eigenvalue weighted by Gasteiger charge is 2.16. The average molecular weight is 246 g/mol. The van der Waals surface area contributed by atoms with E-state index >= 15 is 0 Å². The SMILES string of the molecule is CCc1ccccc1C(=O)c1ccc(F)cc1F. The number of hydrogen-bond donors (Lipinski definition) is 0. The van der Waals surface area contributed by atoms with E-state index in [9.17, 15) is 13.6 Å². The summed E-state index contributed by atoms with van der Waals surface area (Å²) in [5.41, 5.74) is 1.22. The first-order chi connectivity index (χ1) is 8.63. The molecule has 0 saturated heterocycles. The number of hydrogen-bond acceptors (Lipinski definition) is 1. The Morgan fingerprint density at radius 1 is 1.06 bits per heavy atom. The lowest BCUT2D eigenvalue weighted by Gasteiger charge is -2.07. The monoisotopic (exact) mass is 246 g/mol. The first-order valence-corrected chi connectivity index (χ1v) is 5.71. The van der Waals surface area contributed by atoms with Gasteiger partial charge in [-0.25, -0.2) is 8.78 Å². The van der Waals surface area contributed by atoms with Crippen molar-refractivity contribution in [3.8, 4) is 0 Å². The van der Waals surface area contributed by atoms with E-state index in [1.807, 2.05) is 19.1 Å². The van der Waals surface area contributed by atoms with Gasteiger partial charge in [-0.1, -0.05) is 31.2 Å². The van der Waals surface area contributed by atoms with E-state index in [4.69, 9.17) is 0 Å². The summed E-state index contributed by atoms with van der Waals surface area (Å²) in [6.45, 7) is 1.92. The quantitative estimate of drug-likeness (QED) is 0.754. The third-order valence-electron chi connectivity index (χ3n) is 2.82. The lowest BCUT2D eigenvalue weighted by molar-refractivity contribution is 0.103. The third kappa shape index (κ3) is 2.30. The van der Waals surface area contributed by atoms with Gasteiger partial charge in [0, 0.05) is 11.6 Å². The Morgan fingerprint density at radius 2 is 1.78 bits per heavy atom. The minimum absolute atomic E-state index is 0.0997. The van der Waals surface area contributed by atoms with Crippen LogP contribution < -0.4 is 0 Å². The third-order valence-corrected chi connectivity index (χ3v) is 2.82. The molecule has 92 valence electrons. The maximum absolute atomic E-state index is 13.6. The zero-order valence-corrected chi connectivity index (χ0v) is 9.91. The topological polar surface area (TPSA) is 17.1 Å². The molecule has 2 rings (SSSR count). The minimum Gasteiger partial charge on any atom is -0.288 e. The molecular formula is C15H12F2O. The van der Waals surface area contributed by atoms with E-state index in [0.29, 0.717) is 12.0 Å². The van der Waals surface area contributed by atoms with Crippen LogP contribution in [0.3, 0.4) is 0 Å². The predicted molar refractivity (Wildman–Crippen MR) is 65.6 cm³/mol. The normalized spacial score (nSPS) is 10.4. The largest absolute Gasteiger partial charge is 0.288 e. The Labute approximate surface area is 104 Å². The second-order valence-electron chi connectivity index (χ2n) is 3.96. The van der Waals surface area contributed by atoms with Gasteiger partial charge in [-0.05, 0) is 24.1 Å². The van der Waals surface area contributed by atoms with Crippen LogP contribution in [-0.4, -0.2) is 5.78 Å². The number of benzene rings is 2. The summed E-state index contributed by atoms with van der Waals surface area (Å²) in [6, 6.07) is 10.0. The second-order valence-corrected chi connectivity index (χ2v) is 3.96. The number of halogens is 2. The van der Waals surface area contributed by atoms with Gasteiger partial charge in [0.25, 0.3) is 0 Å². The molecule has 0 aliphatic carbocycles. The average Bonchev–Trinajstić information content (AvgIpc) is 2.38. The zero-order chi connectivity index (χ0) is 13.1. The van der Waals surface area contributed by atoms with Crippen molar-refractivity contribution in [1.82, 2.24) is 0 Å². The standard InChI is InChI=1S/C15H12F2O/c1-2-10-5-3-4-6-12(10)15(18)13-8-7-11(16)9-14(13)17/h3-9H,2H2,1H3. The summed E-state index contributed by atoms with van der Waals surface area (Å²) in [5.74, 6) is -1.93. The molecule has 0 saturated carbocycles. The van der Waals surface area contributed by atoms with Gasteiger partial charge in [0.05, 0.1) is 5.56 Å². The molecule has 2 aromatic rings. The van der Waals surface area contributed by atoms with E-state index in [-0.39, 0.29) is 5.56 Å². The number of ketones is 1. The van der Waals surface area contributed by atoms with Crippen LogP contribution in [0, 0.1) is 11.6 Å². The van der Waals surface area contributed by atoms with Crippen LogP contribution in [0.25, 0.3) is 0 Å². The maximum Gasteiger partial charge on any atom is 0.196 e. The highest BCUT2D eigenvalue weighted by Crippen LogP contribution is 2.18. The molecular weight excluding hydrogens is 234 g/mol. The number of carbonyl (C=O) groups is 1. The lowest BCUT2D eigenvalue weighted by Crippen LogP contribution is -2.07. The molecule has 0 N–H and O–H groups in total. The molecule has 0 unspecified atom stereocenters. The number of rotatable bonds is 3. The first kappa shape index (κ1) is 12.4. The fourth-order valence-electron chi connectivity index (χ4n) is 1.87. The van der Waals surface area contributed by atoms with Crippen LogP contribution in [0.1, 0.15) is 28.4 Å². The van der Waals surface area contributed by atoms with Crippen LogP contribution >= 0.6 is 0 Å². The van der Waals surface area contributed by atoms with Crippen molar-refractivity contribution in [3.05, 3.63) is 70.8 Å². The molecule has 0 radical (unpaired) electrons. The Balaban J connectivity index is 2.48. The Hall–Kier alpha value is -2.03. The van der Waals surface area contributed by atoms with Gasteiger partial charge < -0.3 is 0 Å². The van der Waals surface area contributed by atoms with Gasteiger partial charge in [-0.3, -0.25) is 4.79 Å². The molecule has 18 heavy (non-hydrogen) atoms. The van der Waals surface area contributed by atoms with Crippen molar-refractivity contribution < 1.29 is 13.6 Å². The molecule has 0 amide bonds. The molecule has 0 bridgehead atoms. The van der Waals surface area contributed by atoms with Gasteiger partial charge >= 0.3 is 0 Å². The van der Waals surface area contributed by atoms with E-state index in [1.54, 1.807) is 12.1 Å². The van der Waals surface area contributed by atoms with Gasteiger partial charge in [0.2, 0.25) is 0 Å². The van der Waals surface area contributed by atoms with Crippen LogP contribution in [0.5, 0.6) is 0 Å². The molecule has 2 aromatic carbocycles. The fraction of sp³-hybridized carbons (Fsp3) is 0.133. The van der Waals surface area contributed by atoms with Crippen molar-refractivity contribution in [2.24, 2.45) is 0 Å². The molecule has 1 nitrogen and oxygen atoms in total. The summed E-state index contributed by atoms with van der Waals surface area (Å²) >= 11 is 0. The number of aryl methyl sites for hydroxylation is 1. The Kier molecular flexibility index (Phi) is 3.51. The predicted octanol–water partition coefficient (Wildman–Crippen LogP) is 3.76. The molecule has 0 atom stereocenters. The Morgan fingerprint density at radius 3 is 2.44 bits per heavy atom. The van der Waals surface area contributed by atoms with Crippen LogP contribution in [-0.2, 0) is 6.42 Å². The van der Waals surface area contributed by atoms with Crippen molar-refractivity contribution in [2.45, 2.75) is 13.3 Å². The molecule has 0 heterocycles. The maximum atomic E-state index is 13.6. The highest BCUT2D eigenvalue weighted by atomic mass is 19.1. The van der Waals surface area contributed by atoms with E-state index in [0.717, 1.165) is 17.7 Å². The molecule has 3 heteroatoms. The summed E-state index contributed by atoms with van der Waals surface area (Å²) in [5, 5.41) is 0.